The van der Waals surface area contributed by atoms with Crippen LogP contribution in [0.15, 0.2) is 12.3 Å². The molecule has 84 valence electrons. The van der Waals surface area contributed by atoms with Crippen molar-refractivity contribution in [2.45, 2.75) is 12.8 Å². The molecule has 1 N–H and O–H groups in total. The lowest BCUT2D eigenvalue weighted by Crippen LogP contribution is -2.25. The van der Waals surface area contributed by atoms with Gasteiger partial charge in [0.25, 0.3) is 0 Å². The van der Waals surface area contributed by atoms with Crippen molar-refractivity contribution in [3.05, 3.63) is 18.0 Å². The van der Waals surface area contributed by atoms with Gasteiger partial charge in [0.05, 0.1) is 6.61 Å². The molecule has 4 heteroatoms. The quantitative estimate of drug-likeness (QED) is 0.721. The van der Waals surface area contributed by atoms with Crippen molar-refractivity contribution in [1.29, 1.82) is 0 Å². The summed E-state index contributed by atoms with van der Waals surface area (Å²) in [5.74, 6) is 0.719. The van der Waals surface area contributed by atoms with E-state index in [9.17, 15) is 0 Å². The topological polar surface area (TPSA) is 39.1 Å². The Labute approximate surface area is 90.6 Å². The molecule has 1 aliphatic rings. The van der Waals surface area contributed by atoms with E-state index in [0.717, 1.165) is 38.6 Å². The van der Waals surface area contributed by atoms with Crippen LogP contribution in [0.5, 0.6) is 0 Å². The lowest BCUT2D eigenvalue weighted by Gasteiger charge is -2.09. The summed E-state index contributed by atoms with van der Waals surface area (Å²) >= 11 is 0. The summed E-state index contributed by atoms with van der Waals surface area (Å²) in [4.78, 5) is 0. The smallest absolute Gasteiger partial charge is 0.0507 e. The number of nitrogens with zero attached hydrogens (tertiary/aromatic N) is 2. The van der Waals surface area contributed by atoms with Gasteiger partial charge in [-0.25, -0.2) is 0 Å². The molecule has 15 heavy (non-hydrogen) atoms. The van der Waals surface area contributed by atoms with E-state index in [-0.39, 0.29) is 0 Å². The minimum atomic E-state index is 0.719. The number of aryl methyl sites for hydroxylation is 1. The van der Waals surface area contributed by atoms with Gasteiger partial charge in [-0.1, -0.05) is 0 Å². The fourth-order valence-corrected chi connectivity index (χ4v) is 1.91. The van der Waals surface area contributed by atoms with Crippen molar-refractivity contribution in [1.82, 2.24) is 15.1 Å². The molecule has 0 radical (unpaired) electrons. The third-order valence-electron chi connectivity index (χ3n) is 2.94. The van der Waals surface area contributed by atoms with Crippen LogP contribution < -0.4 is 5.32 Å². The number of rotatable bonds is 5. The average Bonchev–Trinajstić information content (AvgIpc) is 2.85. The van der Waals surface area contributed by atoms with Crippen molar-refractivity contribution in [2.75, 3.05) is 26.3 Å². The van der Waals surface area contributed by atoms with Gasteiger partial charge in [0.2, 0.25) is 0 Å². The summed E-state index contributed by atoms with van der Waals surface area (Å²) in [6.07, 6.45) is 4.10. The predicted molar refractivity (Wildman–Crippen MR) is 58.7 cm³/mol. The molecule has 0 bridgehead atoms. The van der Waals surface area contributed by atoms with Gasteiger partial charge >= 0.3 is 0 Å². The Kier molecular flexibility index (Phi) is 3.75. The number of ether oxygens (including phenoxy) is 1. The van der Waals surface area contributed by atoms with Gasteiger partial charge in [0, 0.05) is 45.1 Å². The monoisotopic (exact) mass is 209 g/mol. The molecule has 1 fully saturated rings. The first kappa shape index (κ1) is 10.6. The summed E-state index contributed by atoms with van der Waals surface area (Å²) < 4.78 is 7.26. The van der Waals surface area contributed by atoms with Gasteiger partial charge in [0.15, 0.2) is 0 Å². The molecule has 1 aliphatic heterocycles. The van der Waals surface area contributed by atoms with E-state index in [1.54, 1.807) is 0 Å². The Morgan fingerprint density at radius 1 is 1.67 bits per heavy atom. The van der Waals surface area contributed by atoms with Crippen LogP contribution in [-0.4, -0.2) is 36.1 Å². The minimum absolute atomic E-state index is 0.719. The van der Waals surface area contributed by atoms with Crippen LogP contribution in [0, 0.1) is 5.92 Å². The first-order chi connectivity index (χ1) is 7.36. The molecule has 0 saturated carbocycles. The van der Waals surface area contributed by atoms with Crippen LogP contribution in [0.1, 0.15) is 12.1 Å². The maximum absolute atomic E-state index is 5.33. The Balaban J connectivity index is 1.60. The number of hydrogen-bond donors (Lipinski definition) is 1. The Morgan fingerprint density at radius 3 is 3.27 bits per heavy atom. The lowest BCUT2D eigenvalue weighted by atomic mass is 10.1. The summed E-state index contributed by atoms with van der Waals surface area (Å²) in [5.41, 5.74) is 1.28. The first-order valence-corrected chi connectivity index (χ1v) is 5.61. The van der Waals surface area contributed by atoms with Gasteiger partial charge in [-0.3, -0.25) is 4.68 Å². The highest BCUT2D eigenvalue weighted by Gasteiger charge is 2.14. The van der Waals surface area contributed by atoms with E-state index in [2.05, 4.69) is 16.5 Å². The Morgan fingerprint density at radius 2 is 2.60 bits per heavy atom. The largest absolute Gasteiger partial charge is 0.381 e. The van der Waals surface area contributed by atoms with Crippen LogP contribution in [0.3, 0.4) is 0 Å². The van der Waals surface area contributed by atoms with Crippen LogP contribution in [-0.2, 0) is 18.2 Å². The zero-order valence-corrected chi connectivity index (χ0v) is 9.28. The fraction of sp³-hybridized carbons (Fsp3) is 0.727. The van der Waals surface area contributed by atoms with Gasteiger partial charge in [-0.15, -0.1) is 0 Å². The second kappa shape index (κ2) is 5.28. The van der Waals surface area contributed by atoms with E-state index in [1.807, 2.05) is 17.9 Å². The van der Waals surface area contributed by atoms with Crippen molar-refractivity contribution in [3.8, 4) is 0 Å². The molecule has 0 aliphatic carbocycles. The van der Waals surface area contributed by atoms with Gasteiger partial charge in [0.1, 0.15) is 0 Å². The van der Waals surface area contributed by atoms with Gasteiger partial charge < -0.3 is 10.1 Å². The number of nitrogens with one attached hydrogen (secondary N) is 1. The lowest BCUT2D eigenvalue weighted by molar-refractivity contribution is 0.185. The molecule has 2 rings (SSSR count). The van der Waals surface area contributed by atoms with Crippen molar-refractivity contribution in [3.63, 3.8) is 0 Å². The number of aromatic nitrogens is 2. The van der Waals surface area contributed by atoms with Crippen LogP contribution in [0.2, 0.25) is 0 Å². The van der Waals surface area contributed by atoms with E-state index >= 15 is 0 Å². The highest BCUT2D eigenvalue weighted by molar-refractivity contribution is 5.00. The molecule has 1 saturated heterocycles. The molecular weight excluding hydrogens is 190 g/mol. The number of hydrogen-bond acceptors (Lipinski definition) is 3. The van der Waals surface area contributed by atoms with Crippen LogP contribution in [0.25, 0.3) is 0 Å². The third-order valence-corrected chi connectivity index (χ3v) is 2.94. The standard InChI is InChI=1S/C11H19N3O/c1-14-11(3-6-13-14)2-5-12-8-10-4-7-15-9-10/h3,6,10,12H,2,4-5,7-9H2,1H3. The predicted octanol–water partition coefficient (Wildman–Crippen LogP) is 0.589. The summed E-state index contributed by atoms with van der Waals surface area (Å²) in [5, 5.41) is 7.61. The summed E-state index contributed by atoms with van der Waals surface area (Å²) in [7, 11) is 1.99. The van der Waals surface area contributed by atoms with Crippen LogP contribution >= 0.6 is 0 Å². The SMILES string of the molecule is Cn1nccc1CCNCC1CCOC1. The third kappa shape index (κ3) is 3.04. The fourth-order valence-electron chi connectivity index (χ4n) is 1.91. The normalized spacial score (nSPS) is 21.0. The van der Waals surface area contributed by atoms with E-state index in [1.165, 1.54) is 12.1 Å². The molecule has 1 aromatic heterocycles. The molecule has 0 amide bonds. The van der Waals surface area contributed by atoms with Gasteiger partial charge in [-0.2, -0.15) is 5.10 Å². The molecule has 1 aromatic rings. The zero-order valence-electron chi connectivity index (χ0n) is 9.28. The molecular formula is C11H19N3O. The minimum Gasteiger partial charge on any atom is -0.381 e. The Hall–Kier alpha value is -0.870. The molecule has 1 atom stereocenters. The van der Waals surface area contributed by atoms with Crippen LogP contribution in [0.4, 0.5) is 0 Å². The first-order valence-electron chi connectivity index (χ1n) is 5.61. The summed E-state index contributed by atoms with van der Waals surface area (Å²) in [6, 6.07) is 2.07. The average molecular weight is 209 g/mol. The highest BCUT2D eigenvalue weighted by Crippen LogP contribution is 2.10. The maximum Gasteiger partial charge on any atom is 0.0507 e. The highest BCUT2D eigenvalue weighted by atomic mass is 16.5. The molecule has 2 heterocycles. The zero-order chi connectivity index (χ0) is 10.5. The van der Waals surface area contributed by atoms with Gasteiger partial charge in [-0.05, 0) is 18.4 Å². The maximum atomic E-state index is 5.33. The van der Waals surface area contributed by atoms with Crippen molar-refractivity contribution >= 4 is 0 Å². The molecule has 0 aromatic carbocycles. The molecule has 4 nitrogen and oxygen atoms in total. The van der Waals surface area contributed by atoms with Crippen molar-refractivity contribution in [2.24, 2.45) is 13.0 Å². The van der Waals surface area contributed by atoms with E-state index < -0.39 is 0 Å². The van der Waals surface area contributed by atoms with E-state index in [0.29, 0.717) is 0 Å². The second-order valence-electron chi connectivity index (χ2n) is 4.13. The van der Waals surface area contributed by atoms with E-state index in [4.69, 9.17) is 4.74 Å². The molecule has 0 spiro atoms. The van der Waals surface area contributed by atoms with Crippen molar-refractivity contribution < 1.29 is 4.74 Å². The summed E-state index contributed by atoms with van der Waals surface area (Å²) in [6.45, 7) is 3.97. The Bertz CT molecular complexity index is 292. The second-order valence-corrected chi connectivity index (χ2v) is 4.13. The molecule has 1 unspecified atom stereocenters.